The number of ether oxygens (including phenoxy) is 1. The van der Waals surface area contributed by atoms with Crippen molar-refractivity contribution in [1.29, 1.82) is 0 Å². The predicted molar refractivity (Wildman–Crippen MR) is 103 cm³/mol. The highest BCUT2D eigenvalue weighted by molar-refractivity contribution is 5.87. The van der Waals surface area contributed by atoms with Gasteiger partial charge in [0.25, 0.3) is 0 Å². The number of benzene rings is 2. The fraction of sp³-hybridized carbons (Fsp3) is 0.333. The highest BCUT2D eigenvalue weighted by Gasteiger charge is 2.31. The Morgan fingerprint density at radius 2 is 1.69 bits per heavy atom. The number of nitrogens with one attached hydrogen (secondary N) is 1. The average molecular weight is 408 g/mol. The molecule has 0 saturated carbocycles. The Kier molecular flexibility index (Phi) is 7.64. The van der Waals surface area contributed by atoms with Crippen LogP contribution in [0.3, 0.4) is 0 Å². The number of esters is 1. The van der Waals surface area contributed by atoms with Gasteiger partial charge in [-0.3, -0.25) is 9.59 Å². The molecule has 8 heteroatoms. The van der Waals surface area contributed by atoms with E-state index < -0.39 is 23.8 Å². The lowest BCUT2D eigenvalue weighted by molar-refractivity contribution is -0.139. The minimum Gasteiger partial charge on any atom is -0.468 e. The van der Waals surface area contributed by atoms with E-state index in [-0.39, 0.29) is 12.5 Å². The second-order valence-electron chi connectivity index (χ2n) is 6.38. The zero-order valence-corrected chi connectivity index (χ0v) is 16.2. The van der Waals surface area contributed by atoms with Gasteiger partial charge in [0.05, 0.1) is 12.7 Å². The molecule has 5 nitrogen and oxygen atoms in total. The summed E-state index contributed by atoms with van der Waals surface area (Å²) in [5, 5.41) is 2.81. The van der Waals surface area contributed by atoms with Gasteiger partial charge in [-0.05, 0) is 36.2 Å². The molecular weight excluding hydrogens is 385 g/mol. The Morgan fingerprint density at radius 1 is 1.07 bits per heavy atom. The first-order valence-electron chi connectivity index (χ1n) is 9.08. The normalized spacial score (nSPS) is 12.2. The van der Waals surface area contributed by atoms with Crippen LogP contribution in [0, 0.1) is 0 Å². The summed E-state index contributed by atoms with van der Waals surface area (Å²) in [5.74, 6) is -0.931. The van der Waals surface area contributed by atoms with Crippen LogP contribution < -0.4 is 10.2 Å². The number of halogens is 3. The van der Waals surface area contributed by atoms with Gasteiger partial charge in [0, 0.05) is 12.2 Å². The van der Waals surface area contributed by atoms with Gasteiger partial charge in [-0.1, -0.05) is 37.3 Å². The number of anilines is 1. The van der Waals surface area contributed by atoms with Crippen LogP contribution >= 0.6 is 0 Å². The first kappa shape index (κ1) is 22.3. The second kappa shape index (κ2) is 9.95. The van der Waals surface area contributed by atoms with Crippen LogP contribution in [-0.2, 0) is 27.0 Å². The predicted octanol–water partition coefficient (Wildman–Crippen LogP) is 3.78. The first-order valence-corrected chi connectivity index (χ1v) is 9.08. The van der Waals surface area contributed by atoms with Gasteiger partial charge in [-0.15, -0.1) is 0 Å². The summed E-state index contributed by atoms with van der Waals surface area (Å²) in [5.41, 5.74) is 0.427. The highest BCUT2D eigenvalue weighted by Crippen LogP contribution is 2.31. The summed E-state index contributed by atoms with van der Waals surface area (Å²) in [7, 11) is 1.21. The topological polar surface area (TPSA) is 58.6 Å². The van der Waals surface area contributed by atoms with Crippen LogP contribution in [0.2, 0.25) is 0 Å². The maximum absolute atomic E-state index is 12.8. The summed E-state index contributed by atoms with van der Waals surface area (Å²) in [6.07, 6.45) is -4.12. The van der Waals surface area contributed by atoms with Gasteiger partial charge in [0.1, 0.15) is 12.6 Å². The van der Waals surface area contributed by atoms with E-state index in [0.717, 1.165) is 17.7 Å². The van der Waals surface area contributed by atoms with Crippen LogP contribution in [0.5, 0.6) is 0 Å². The molecule has 0 spiro atoms. The molecule has 0 saturated heterocycles. The third-order valence-electron chi connectivity index (χ3n) is 4.43. The van der Waals surface area contributed by atoms with Crippen LogP contribution in [-0.4, -0.2) is 31.6 Å². The maximum Gasteiger partial charge on any atom is 0.416 e. The minimum atomic E-state index is -4.47. The number of carbonyl (C=O) groups excluding carboxylic acids is 2. The van der Waals surface area contributed by atoms with Gasteiger partial charge in [-0.2, -0.15) is 13.2 Å². The molecule has 0 aromatic heterocycles. The molecular formula is C21H23F3N2O3. The number of amides is 1. The number of methoxy groups -OCH3 is 1. The summed E-state index contributed by atoms with van der Waals surface area (Å²) in [6, 6.07) is 12.9. The summed E-state index contributed by atoms with van der Waals surface area (Å²) >= 11 is 0. The van der Waals surface area contributed by atoms with Crippen molar-refractivity contribution in [2.45, 2.75) is 32.1 Å². The molecule has 0 bridgehead atoms. The van der Waals surface area contributed by atoms with Crippen LogP contribution in [0.1, 0.15) is 24.5 Å². The Labute approximate surface area is 167 Å². The van der Waals surface area contributed by atoms with E-state index in [1.165, 1.54) is 24.1 Å². The Hall–Kier alpha value is -3.03. The molecule has 0 aliphatic carbocycles. The van der Waals surface area contributed by atoms with Crippen molar-refractivity contribution in [2.24, 2.45) is 0 Å². The Morgan fingerprint density at radius 3 is 2.21 bits per heavy atom. The van der Waals surface area contributed by atoms with Gasteiger partial charge in [0.2, 0.25) is 5.91 Å². The molecule has 1 amide bonds. The molecule has 29 heavy (non-hydrogen) atoms. The molecule has 156 valence electrons. The van der Waals surface area contributed by atoms with Crippen molar-refractivity contribution in [3.8, 4) is 0 Å². The average Bonchev–Trinajstić information content (AvgIpc) is 2.72. The van der Waals surface area contributed by atoms with E-state index in [0.29, 0.717) is 18.7 Å². The maximum atomic E-state index is 12.8. The van der Waals surface area contributed by atoms with Crippen LogP contribution in [0.4, 0.5) is 18.9 Å². The van der Waals surface area contributed by atoms with Crippen molar-refractivity contribution in [2.75, 3.05) is 18.6 Å². The van der Waals surface area contributed by atoms with E-state index in [1.807, 2.05) is 30.3 Å². The van der Waals surface area contributed by atoms with E-state index in [1.54, 1.807) is 6.92 Å². The first-order chi connectivity index (χ1) is 13.8. The van der Waals surface area contributed by atoms with Gasteiger partial charge >= 0.3 is 12.1 Å². The quantitative estimate of drug-likeness (QED) is 0.676. The van der Waals surface area contributed by atoms with Crippen molar-refractivity contribution in [1.82, 2.24) is 5.32 Å². The van der Waals surface area contributed by atoms with Crippen molar-refractivity contribution >= 4 is 17.6 Å². The molecule has 0 aliphatic rings. The number of hydrogen-bond acceptors (Lipinski definition) is 4. The summed E-state index contributed by atoms with van der Waals surface area (Å²) < 4.78 is 43.2. The minimum absolute atomic E-state index is 0.265. The fourth-order valence-electron chi connectivity index (χ4n) is 2.88. The molecule has 1 N–H and O–H groups in total. The van der Waals surface area contributed by atoms with Crippen LogP contribution in [0.15, 0.2) is 54.6 Å². The molecule has 2 rings (SSSR count). The lowest BCUT2D eigenvalue weighted by atomic mass is 10.1. The number of hydrogen-bond donors (Lipinski definition) is 1. The van der Waals surface area contributed by atoms with E-state index >= 15 is 0 Å². The van der Waals surface area contributed by atoms with E-state index in [2.05, 4.69) is 5.32 Å². The molecule has 2 aromatic carbocycles. The van der Waals surface area contributed by atoms with Crippen molar-refractivity contribution < 1.29 is 27.5 Å². The van der Waals surface area contributed by atoms with Gasteiger partial charge in [-0.25, -0.2) is 0 Å². The molecule has 0 aliphatic heterocycles. The van der Waals surface area contributed by atoms with Gasteiger partial charge < -0.3 is 15.0 Å². The second-order valence-corrected chi connectivity index (χ2v) is 6.38. The standard InChI is InChI=1S/C21H23F3N2O3/c1-3-18(20(28)25-13-15-7-5-4-6-8-15)26(14-19(27)29-2)17-11-9-16(10-12-17)21(22,23)24/h4-12,18H,3,13-14H2,1-2H3,(H,25,28)/t18-/m1/s1. The smallest absolute Gasteiger partial charge is 0.416 e. The monoisotopic (exact) mass is 408 g/mol. The summed E-state index contributed by atoms with van der Waals surface area (Å²) in [6.45, 7) is 1.80. The van der Waals surface area contributed by atoms with E-state index in [9.17, 15) is 22.8 Å². The van der Waals surface area contributed by atoms with E-state index in [4.69, 9.17) is 4.74 Å². The Balaban J connectivity index is 2.23. The third-order valence-corrected chi connectivity index (χ3v) is 4.43. The van der Waals surface area contributed by atoms with Crippen molar-refractivity contribution in [3.05, 3.63) is 65.7 Å². The lowest BCUT2D eigenvalue weighted by Gasteiger charge is -2.31. The zero-order valence-electron chi connectivity index (χ0n) is 16.2. The number of carbonyl (C=O) groups is 2. The van der Waals surface area contributed by atoms with Gasteiger partial charge in [0.15, 0.2) is 0 Å². The largest absolute Gasteiger partial charge is 0.468 e. The molecule has 0 radical (unpaired) electrons. The number of rotatable bonds is 8. The third kappa shape index (κ3) is 6.23. The zero-order chi connectivity index (χ0) is 21.4. The fourth-order valence-corrected chi connectivity index (χ4v) is 2.88. The van der Waals surface area contributed by atoms with Crippen molar-refractivity contribution in [3.63, 3.8) is 0 Å². The number of alkyl halides is 3. The highest BCUT2D eigenvalue weighted by atomic mass is 19.4. The molecule has 0 fully saturated rings. The SMILES string of the molecule is CC[C@H](C(=O)NCc1ccccc1)N(CC(=O)OC)c1ccc(C(F)(F)F)cc1. The molecule has 0 heterocycles. The molecule has 1 atom stereocenters. The number of nitrogens with zero attached hydrogens (tertiary/aromatic N) is 1. The lowest BCUT2D eigenvalue weighted by Crippen LogP contribution is -2.48. The molecule has 0 unspecified atom stereocenters. The summed E-state index contributed by atoms with van der Waals surface area (Å²) in [4.78, 5) is 26.1. The van der Waals surface area contributed by atoms with Crippen LogP contribution in [0.25, 0.3) is 0 Å². The Bertz CT molecular complexity index is 808. The molecule has 2 aromatic rings.